The monoisotopic (exact) mass is 309 g/mol. The number of nitrogens with zero attached hydrogens (tertiary/aromatic N) is 2. The lowest BCUT2D eigenvalue weighted by Gasteiger charge is -2.26. The molecule has 1 N–H and O–H groups in total. The third-order valence-corrected chi connectivity index (χ3v) is 5.22. The van der Waals surface area contributed by atoms with E-state index in [1.165, 1.54) is 0 Å². The summed E-state index contributed by atoms with van der Waals surface area (Å²) in [5, 5.41) is 4.31. The molecule has 21 heavy (non-hydrogen) atoms. The molecular formula is C15H23N3O2S. The molecule has 5 nitrogen and oxygen atoms in total. The minimum absolute atomic E-state index is 0.0332. The Balaban J connectivity index is 2.01. The second kappa shape index (κ2) is 6.01. The first-order valence-electron chi connectivity index (χ1n) is 7.70. The zero-order chi connectivity index (χ0) is 15.0. The fourth-order valence-electron chi connectivity index (χ4n) is 3.10. The zero-order valence-corrected chi connectivity index (χ0v) is 13.7. The van der Waals surface area contributed by atoms with Gasteiger partial charge in [-0.2, -0.15) is 0 Å². The quantitative estimate of drug-likeness (QED) is 0.930. The van der Waals surface area contributed by atoms with Gasteiger partial charge in [-0.3, -0.25) is 14.6 Å². The van der Waals surface area contributed by atoms with Gasteiger partial charge in [-0.1, -0.05) is 13.8 Å². The molecule has 6 heteroatoms. The number of aromatic nitrogens is 2. The van der Waals surface area contributed by atoms with Gasteiger partial charge in [0.1, 0.15) is 0 Å². The van der Waals surface area contributed by atoms with Gasteiger partial charge in [0.2, 0.25) is 0 Å². The molecule has 0 unspecified atom stereocenters. The van der Waals surface area contributed by atoms with E-state index in [2.05, 4.69) is 23.9 Å². The highest BCUT2D eigenvalue weighted by molar-refractivity contribution is 8.14. The number of hydrogen-bond donors (Lipinski definition) is 1. The molecule has 0 radical (unpaired) electrons. The van der Waals surface area contributed by atoms with Crippen LogP contribution in [0, 0.1) is 5.92 Å². The molecule has 0 aliphatic carbocycles. The highest BCUT2D eigenvalue weighted by Crippen LogP contribution is 2.43. The van der Waals surface area contributed by atoms with Crippen LogP contribution in [0.15, 0.2) is 9.79 Å². The number of rotatable bonds is 3. The minimum atomic E-state index is 0.0332. The van der Waals surface area contributed by atoms with Crippen molar-refractivity contribution >= 4 is 22.6 Å². The Morgan fingerprint density at radius 3 is 2.81 bits per heavy atom. The molecule has 116 valence electrons. The first-order chi connectivity index (χ1) is 10.1. The molecule has 0 aromatic carbocycles. The number of nitrogens with one attached hydrogen (secondary N) is 1. The van der Waals surface area contributed by atoms with Crippen LogP contribution in [-0.2, 0) is 4.74 Å². The van der Waals surface area contributed by atoms with Crippen molar-refractivity contribution in [1.29, 1.82) is 0 Å². The van der Waals surface area contributed by atoms with Crippen LogP contribution >= 0.6 is 11.8 Å². The van der Waals surface area contributed by atoms with Crippen LogP contribution in [-0.4, -0.2) is 28.0 Å². The lowest BCUT2D eigenvalue weighted by Crippen LogP contribution is -2.21. The molecule has 1 aromatic rings. The molecule has 1 fully saturated rings. The van der Waals surface area contributed by atoms with E-state index in [1.54, 1.807) is 11.8 Å². The molecule has 1 atom stereocenters. The Morgan fingerprint density at radius 2 is 2.14 bits per heavy atom. The fourth-order valence-corrected chi connectivity index (χ4v) is 4.46. The van der Waals surface area contributed by atoms with Gasteiger partial charge < -0.3 is 4.74 Å². The highest BCUT2D eigenvalue weighted by atomic mass is 32.2. The summed E-state index contributed by atoms with van der Waals surface area (Å²) in [6, 6.07) is 0.301. The van der Waals surface area contributed by atoms with Crippen LogP contribution in [0.25, 0.3) is 0 Å². The number of aromatic amines is 1. The van der Waals surface area contributed by atoms with Crippen molar-refractivity contribution < 1.29 is 4.74 Å². The molecule has 3 rings (SSSR count). The smallest absolute Gasteiger partial charge is 0.270 e. The molecule has 2 aliphatic rings. The number of thioether (sulfide) groups is 1. The molecule has 3 heterocycles. The molecule has 1 saturated heterocycles. The van der Waals surface area contributed by atoms with Gasteiger partial charge in [0.05, 0.1) is 16.6 Å². The number of H-pyrrole nitrogens is 1. The summed E-state index contributed by atoms with van der Waals surface area (Å²) in [6.45, 7) is 7.95. The van der Waals surface area contributed by atoms with Crippen molar-refractivity contribution in [2.75, 3.05) is 13.2 Å². The molecule has 2 aliphatic heterocycles. The SMILES string of the molecule is CC1=Nc2c(c(=O)[nH]n2C2CCOCC2)[C@@H](CC(C)C)S1. The maximum atomic E-state index is 12.4. The Labute approximate surface area is 129 Å². The standard InChI is InChI=1S/C15H23N3O2S/c1-9(2)8-12-13-14(16-10(3)21-12)18(17-15(13)19)11-4-6-20-7-5-11/h9,11-12H,4-8H2,1-3H3,(H,17,19)/t12-/m1/s1. The second-order valence-corrected chi connectivity index (χ2v) is 7.65. The van der Waals surface area contributed by atoms with Crippen LogP contribution in [0.1, 0.15) is 56.9 Å². The van der Waals surface area contributed by atoms with Crippen molar-refractivity contribution in [3.63, 3.8) is 0 Å². The third-order valence-electron chi connectivity index (χ3n) is 4.08. The van der Waals surface area contributed by atoms with Gasteiger partial charge >= 0.3 is 0 Å². The lowest BCUT2D eigenvalue weighted by atomic mass is 10.0. The average Bonchev–Trinajstić information content (AvgIpc) is 2.76. The Bertz CT molecular complexity index is 597. The predicted molar refractivity (Wildman–Crippen MR) is 86.7 cm³/mol. The summed E-state index contributed by atoms with van der Waals surface area (Å²) in [5.41, 5.74) is 0.900. The second-order valence-electron chi connectivity index (χ2n) is 6.26. The third kappa shape index (κ3) is 2.97. The summed E-state index contributed by atoms with van der Waals surface area (Å²) in [5.74, 6) is 1.42. The van der Waals surface area contributed by atoms with Gasteiger partial charge in [0, 0.05) is 18.5 Å². The van der Waals surface area contributed by atoms with Gasteiger partial charge in [-0.25, -0.2) is 4.99 Å². The lowest BCUT2D eigenvalue weighted by molar-refractivity contribution is 0.0666. The number of aliphatic imine (C=N–C) groups is 1. The van der Waals surface area contributed by atoms with Crippen molar-refractivity contribution in [3.05, 3.63) is 15.9 Å². The predicted octanol–water partition coefficient (Wildman–Crippen LogP) is 3.41. The van der Waals surface area contributed by atoms with Crippen LogP contribution < -0.4 is 5.56 Å². The topological polar surface area (TPSA) is 59.4 Å². The van der Waals surface area contributed by atoms with Crippen LogP contribution in [0.2, 0.25) is 0 Å². The number of hydrogen-bond acceptors (Lipinski definition) is 4. The highest BCUT2D eigenvalue weighted by Gasteiger charge is 2.31. The summed E-state index contributed by atoms with van der Waals surface area (Å²) < 4.78 is 7.42. The zero-order valence-electron chi connectivity index (χ0n) is 12.9. The van der Waals surface area contributed by atoms with E-state index in [0.717, 1.165) is 48.9 Å². The minimum Gasteiger partial charge on any atom is -0.381 e. The maximum absolute atomic E-state index is 12.4. The van der Waals surface area contributed by atoms with E-state index >= 15 is 0 Å². The summed E-state index contributed by atoms with van der Waals surface area (Å²) in [4.78, 5) is 17.1. The van der Waals surface area contributed by atoms with Crippen LogP contribution in [0.5, 0.6) is 0 Å². The molecule has 0 bridgehead atoms. The Morgan fingerprint density at radius 1 is 1.43 bits per heavy atom. The van der Waals surface area contributed by atoms with Crippen molar-refractivity contribution in [2.45, 2.75) is 51.3 Å². The fraction of sp³-hybridized carbons (Fsp3) is 0.733. The molecule has 0 saturated carbocycles. The van der Waals surface area contributed by atoms with E-state index in [9.17, 15) is 4.79 Å². The molecule has 0 amide bonds. The Hall–Kier alpha value is -1.01. The van der Waals surface area contributed by atoms with Gasteiger partial charge in [-0.15, -0.1) is 11.8 Å². The average molecular weight is 309 g/mol. The molecule has 0 spiro atoms. The van der Waals surface area contributed by atoms with E-state index in [-0.39, 0.29) is 10.8 Å². The van der Waals surface area contributed by atoms with E-state index in [1.807, 2.05) is 11.6 Å². The summed E-state index contributed by atoms with van der Waals surface area (Å²) in [6.07, 6.45) is 2.88. The van der Waals surface area contributed by atoms with Crippen molar-refractivity contribution in [2.24, 2.45) is 10.9 Å². The van der Waals surface area contributed by atoms with E-state index < -0.39 is 0 Å². The largest absolute Gasteiger partial charge is 0.381 e. The van der Waals surface area contributed by atoms with Crippen LogP contribution in [0.4, 0.5) is 5.82 Å². The first kappa shape index (κ1) is 14.9. The first-order valence-corrected chi connectivity index (χ1v) is 8.58. The van der Waals surface area contributed by atoms with E-state index in [0.29, 0.717) is 12.0 Å². The summed E-state index contributed by atoms with van der Waals surface area (Å²) in [7, 11) is 0. The van der Waals surface area contributed by atoms with Crippen molar-refractivity contribution in [1.82, 2.24) is 9.78 Å². The summed E-state index contributed by atoms with van der Waals surface area (Å²) >= 11 is 1.72. The van der Waals surface area contributed by atoms with Crippen LogP contribution in [0.3, 0.4) is 0 Å². The number of ether oxygens (including phenoxy) is 1. The Kier molecular flexibility index (Phi) is 4.26. The van der Waals surface area contributed by atoms with Gasteiger partial charge in [-0.05, 0) is 32.1 Å². The van der Waals surface area contributed by atoms with Gasteiger partial charge in [0.25, 0.3) is 5.56 Å². The van der Waals surface area contributed by atoms with Crippen molar-refractivity contribution in [3.8, 4) is 0 Å². The van der Waals surface area contributed by atoms with Gasteiger partial charge in [0.15, 0.2) is 5.82 Å². The number of fused-ring (bicyclic) bond motifs is 1. The molecule has 1 aromatic heterocycles. The molecular weight excluding hydrogens is 286 g/mol. The normalized spacial score (nSPS) is 23.2. The maximum Gasteiger partial charge on any atom is 0.270 e. The van der Waals surface area contributed by atoms with E-state index in [4.69, 9.17) is 4.74 Å².